The molecule has 2 N–H and O–H groups in total. The molecule has 1 saturated carbocycles. The van der Waals surface area contributed by atoms with E-state index in [0.717, 1.165) is 18.9 Å². The average molecular weight is 384 g/mol. The van der Waals surface area contributed by atoms with Crippen LogP contribution in [0, 0.1) is 17.5 Å². The molecule has 0 radical (unpaired) electrons. The Kier molecular flexibility index (Phi) is 6.42. The molecule has 2 aliphatic rings. The van der Waals surface area contributed by atoms with Gasteiger partial charge in [0.25, 0.3) is 0 Å². The molecule has 1 saturated heterocycles. The fraction of sp³-hybridized carbons (Fsp3) is 0.650. The van der Waals surface area contributed by atoms with Crippen molar-refractivity contribution in [2.75, 3.05) is 13.2 Å². The molecule has 2 atom stereocenters. The predicted molar refractivity (Wildman–Crippen MR) is 95.6 cm³/mol. The number of amides is 1. The maximum atomic E-state index is 14.0. The van der Waals surface area contributed by atoms with Crippen molar-refractivity contribution in [2.45, 2.75) is 69.6 Å². The molecule has 0 aromatic heterocycles. The maximum Gasteiger partial charge on any atom is 0.219 e. The molecule has 1 aliphatic carbocycles. The van der Waals surface area contributed by atoms with E-state index in [1.165, 1.54) is 0 Å². The summed E-state index contributed by atoms with van der Waals surface area (Å²) in [7, 11) is 0. The van der Waals surface area contributed by atoms with E-state index in [1.807, 2.05) is 0 Å². The summed E-state index contributed by atoms with van der Waals surface area (Å²) in [6, 6.07) is 1.45. The molecule has 3 rings (SSSR count). The number of carbonyl (C=O) groups is 1. The van der Waals surface area contributed by atoms with Crippen LogP contribution in [0.15, 0.2) is 12.1 Å². The van der Waals surface area contributed by atoms with Gasteiger partial charge in [-0.1, -0.05) is 0 Å². The van der Waals surface area contributed by atoms with Crippen molar-refractivity contribution in [3.8, 4) is 0 Å². The number of ether oxygens (including phenoxy) is 1. The molecule has 150 valence electrons. The molecule has 0 bridgehead atoms. The number of hydrogen-bond donors (Lipinski definition) is 1. The normalized spacial score (nSPS) is 29.0. The lowest BCUT2D eigenvalue weighted by Crippen LogP contribution is -2.56. The highest BCUT2D eigenvalue weighted by molar-refractivity contribution is 5.73. The van der Waals surface area contributed by atoms with Gasteiger partial charge in [0.05, 0.1) is 18.8 Å². The Morgan fingerprint density at radius 3 is 2.56 bits per heavy atom. The van der Waals surface area contributed by atoms with Gasteiger partial charge >= 0.3 is 0 Å². The summed E-state index contributed by atoms with van der Waals surface area (Å²) in [6.07, 6.45) is 4.35. The van der Waals surface area contributed by atoms with Gasteiger partial charge in [0.1, 0.15) is 5.82 Å². The molecule has 1 amide bonds. The number of piperidine rings is 1. The zero-order valence-electron chi connectivity index (χ0n) is 15.6. The molecular formula is C20H27F3N2O2. The van der Waals surface area contributed by atoms with Crippen LogP contribution in [0.3, 0.4) is 0 Å². The average Bonchev–Trinajstić information content (AvgIpc) is 2.64. The van der Waals surface area contributed by atoms with Crippen molar-refractivity contribution in [2.24, 2.45) is 5.73 Å². The van der Waals surface area contributed by atoms with Crippen LogP contribution in [-0.4, -0.2) is 42.1 Å². The van der Waals surface area contributed by atoms with E-state index in [9.17, 15) is 18.0 Å². The van der Waals surface area contributed by atoms with E-state index < -0.39 is 17.5 Å². The highest BCUT2D eigenvalue weighted by Gasteiger charge is 2.32. The minimum absolute atomic E-state index is 0.00562. The van der Waals surface area contributed by atoms with Crippen LogP contribution in [0.2, 0.25) is 0 Å². The first-order chi connectivity index (χ1) is 12.9. The molecule has 1 heterocycles. The van der Waals surface area contributed by atoms with Gasteiger partial charge in [-0.3, -0.25) is 4.79 Å². The summed E-state index contributed by atoms with van der Waals surface area (Å²) < 4.78 is 46.9. The number of nitrogens with two attached hydrogens (primary N) is 1. The number of carbonyl (C=O) groups excluding carboxylic acids is 1. The van der Waals surface area contributed by atoms with Crippen molar-refractivity contribution in [3.05, 3.63) is 35.1 Å². The highest BCUT2D eigenvalue weighted by atomic mass is 19.2. The van der Waals surface area contributed by atoms with E-state index >= 15 is 0 Å². The summed E-state index contributed by atoms with van der Waals surface area (Å²) in [4.78, 5) is 13.6. The number of halogens is 3. The smallest absolute Gasteiger partial charge is 0.219 e. The third kappa shape index (κ3) is 4.63. The first-order valence-corrected chi connectivity index (χ1v) is 9.65. The van der Waals surface area contributed by atoms with E-state index in [-0.39, 0.29) is 35.6 Å². The van der Waals surface area contributed by atoms with Gasteiger partial charge in [-0.2, -0.15) is 0 Å². The van der Waals surface area contributed by atoms with Crippen molar-refractivity contribution >= 4 is 5.91 Å². The Labute approximate surface area is 157 Å². The third-order valence-corrected chi connectivity index (χ3v) is 5.87. The first kappa shape index (κ1) is 20.1. The first-order valence-electron chi connectivity index (χ1n) is 9.65. The van der Waals surface area contributed by atoms with Crippen LogP contribution in [0.4, 0.5) is 13.2 Å². The van der Waals surface area contributed by atoms with Gasteiger partial charge < -0.3 is 15.4 Å². The van der Waals surface area contributed by atoms with Crippen molar-refractivity contribution in [1.29, 1.82) is 0 Å². The molecule has 0 spiro atoms. The van der Waals surface area contributed by atoms with Crippen molar-refractivity contribution in [3.63, 3.8) is 0 Å². The van der Waals surface area contributed by atoms with Crippen LogP contribution in [-0.2, 0) is 9.53 Å². The summed E-state index contributed by atoms with van der Waals surface area (Å²) in [5.74, 6) is -3.05. The molecule has 1 aromatic rings. The number of rotatable bonds is 4. The molecule has 2 fully saturated rings. The standard InChI is InChI=1S/C20H27F3N2O2/c1-12(26)25-8-2-3-18(24)19(25)11-27-15-6-4-13(5-7-15)16-9-14(21)10-17(22)20(16)23/h9-10,13,15,18-19H,2-8,11,24H2,1H3/t13?,15?,18?,19-/m0/s1. The van der Waals surface area contributed by atoms with Gasteiger partial charge in [-0.15, -0.1) is 0 Å². The predicted octanol–water partition coefficient (Wildman–Crippen LogP) is 3.48. The summed E-state index contributed by atoms with van der Waals surface area (Å²) >= 11 is 0. The summed E-state index contributed by atoms with van der Waals surface area (Å²) in [6.45, 7) is 2.64. The van der Waals surface area contributed by atoms with Crippen molar-refractivity contribution in [1.82, 2.24) is 4.90 Å². The number of likely N-dealkylation sites (tertiary alicyclic amines) is 1. The Morgan fingerprint density at radius 2 is 1.89 bits per heavy atom. The SMILES string of the molecule is CC(=O)N1CCCC(N)[C@@H]1COC1CCC(c2cc(F)cc(F)c2F)CC1. The monoisotopic (exact) mass is 384 g/mol. The van der Waals surface area contributed by atoms with E-state index in [2.05, 4.69) is 0 Å². The van der Waals surface area contributed by atoms with Crippen molar-refractivity contribution < 1.29 is 22.7 Å². The Balaban J connectivity index is 1.55. The second-order valence-electron chi connectivity index (χ2n) is 7.68. The molecular weight excluding hydrogens is 357 g/mol. The zero-order chi connectivity index (χ0) is 19.6. The lowest BCUT2D eigenvalue weighted by molar-refractivity contribution is -0.135. The van der Waals surface area contributed by atoms with Crippen LogP contribution < -0.4 is 5.73 Å². The van der Waals surface area contributed by atoms with E-state index in [1.54, 1.807) is 11.8 Å². The third-order valence-electron chi connectivity index (χ3n) is 5.87. The lowest BCUT2D eigenvalue weighted by atomic mass is 9.82. The minimum Gasteiger partial charge on any atom is -0.376 e. The largest absolute Gasteiger partial charge is 0.376 e. The molecule has 1 unspecified atom stereocenters. The summed E-state index contributed by atoms with van der Waals surface area (Å²) in [5, 5.41) is 0. The highest BCUT2D eigenvalue weighted by Crippen LogP contribution is 2.36. The minimum atomic E-state index is -1.14. The Bertz CT molecular complexity index is 677. The molecule has 4 nitrogen and oxygen atoms in total. The van der Waals surface area contributed by atoms with Gasteiger partial charge in [0.2, 0.25) is 5.91 Å². The lowest BCUT2D eigenvalue weighted by Gasteiger charge is -2.40. The van der Waals surface area contributed by atoms with E-state index in [4.69, 9.17) is 10.5 Å². The number of benzene rings is 1. The number of nitrogens with zero attached hydrogens (tertiary/aromatic N) is 1. The van der Waals surface area contributed by atoms with Crippen LogP contribution >= 0.6 is 0 Å². The topological polar surface area (TPSA) is 55.6 Å². The second kappa shape index (κ2) is 8.61. The molecule has 7 heteroatoms. The quantitative estimate of drug-likeness (QED) is 0.809. The summed E-state index contributed by atoms with van der Waals surface area (Å²) in [5.41, 5.74) is 6.29. The fourth-order valence-electron chi connectivity index (χ4n) is 4.34. The Morgan fingerprint density at radius 1 is 1.19 bits per heavy atom. The van der Waals surface area contributed by atoms with Crippen LogP contribution in [0.5, 0.6) is 0 Å². The van der Waals surface area contributed by atoms with Gasteiger partial charge in [0.15, 0.2) is 11.6 Å². The molecule has 1 aromatic carbocycles. The second-order valence-corrected chi connectivity index (χ2v) is 7.68. The van der Waals surface area contributed by atoms with Gasteiger partial charge in [-0.25, -0.2) is 13.2 Å². The van der Waals surface area contributed by atoms with Crippen LogP contribution in [0.25, 0.3) is 0 Å². The van der Waals surface area contributed by atoms with Gasteiger partial charge in [-0.05, 0) is 56.1 Å². The van der Waals surface area contributed by atoms with Gasteiger partial charge in [0, 0.05) is 25.6 Å². The Hall–Kier alpha value is -1.60. The zero-order valence-corrected chi connectivity index (χ0v) is 15.6. The molecule has 1 aliphatic heterocycles. The van der Waals surface area contributed by atoms with Crippen LogP contribution in [0.1, 0.15) is 56.9 Å². The maximum absolute atomic E-state index is 14.0. The number of hydrogen-bond acceptors (Lipinski definition) is 3. The molecule has 27 heavy (non-hydrogen) atoms. The fourth-order valence-corrected chi connectivity index (χ4v) is 4.34. The van der Waals surface area contributed by atoms with E-state index in [0.29, 0.717) is 44.9 Å².